The zero-order valence-electron chi connectivity index (χ0n) is 21.3. The Morgan fingerprint density at radius 1 is 1.17 bits per heavy atom. The molecule has 7 heteroatoms. The summed E-state index contributed by atoms with van der Waals surface area (Å²) in [7, 11) is 0. The van der Waals surface area contributed by atoms with Crippen molar-refractivity contribution in [2.45, 2.75) is 115 Å². The number of fused-ring (bicyclic) bond motifs is 5. The number of carbonyl (C=O) groups is 1. The molecule has 0 radical (unpaired) electrons. The van der Waals surface area contributed by atoms with E-state index in [1.165, 1.54) is 19.8 Å². The highest BCUT2D eigenvalue weighted by Gasteiger charge is 2.59. The summed E-state index contributed by atoms with van der Waals surface area (Å²) < 4.78 is 17.1. The molecule has 3 saturated carbocycles. The van der Waals surface area contributed by atoms with E-state index in [1.807, 2.05) is 0 Å². The summed E-state index contributed by atoms with van der Waals surface area (Å²) in [5, 5.41) is 33.0. The second kappa shape index (κ2) is 9.25. The number of rotatable bonds is 4. The van der Waals surface area contributed by atoms with Crippen molar-refractivity contribution in [2.75, 3.05) is 0 Å². The van der Waals surface area contributed by atoms with Gasteiger partial charge in [0.2, 0.25) is 0 Å². The van der Waals surface area contributed by atoms with Crippen LogP contribution < -0.4 is 0 Å². The van der Waals surface area contributed by atoms with Gasteiger partial charge in [-0.05, 0) is 93.0 Å². The van der Waals surface area contributed by atoms with Crippen LogP contribution in [0.4, 0.5) is 0 Å². The van der Waals surface area contributed by atoms with E-state index in [2.05, 4.69) is 25.7 Å². The molecule has 7 nitrogen and oxygen atoms in total. The van der Waals surface area contributed by atoms with Gasteiger partial charge in [-0.25, -0.2) is 0 Å². The molecule has 35 heavy (non-hydrogen) atoms. The lowest BCUT2D eigenvalue weighted by Crippen LogP contribution is -2.60. The van der Waals surface area contributed by atoms with Crippen LogP contribution in [0, 0.1) is 29.1 Å². The van der Waals surface area contributed by atoms with E-state index in [4.69, 9.17) is 14.2 Å². The quantitative estimate of drug-likeness (QED) is 0.410. The molecule has 0 spiro atoms. The fourth-order valence-electron chi connectivity index (χ4n) is 8.41. The van der Waals surface area contributed by atoms with E-state index in [-0.39, 0.29) is 12.0 Å². The maximum Gasteiger partial charge on any atom is 0.303 e. The van der Waals surface area contributed by atoms with E-state index >= 15 is 0 Å². The normalized spacial score (nSPS) is 51.4. The van der Waals surface area contributed by atoms with Gasteiger partial charge in [0.15, 0.2) is 12.4 Å². The van der Waals surface area contributed by atoms with Gasteiger partial charge in [-0.15, -0.1) is 6.58 Å². The molecular weight excluding hydrogens is 448 g/mol. The Labute approximate surface area is 208 Å². The second-order valence-corrected chi connectivity index (χ2v) is 12.0. The largest absolute Gasteiger partial charge is 0.457 e. The number of esters is 1. The molecular formula is C28H42O7. The third-order valence-electron chi connectivity index (χ3n) is 10.3. The van der Waals surface area contributed by atoms with Crippen LogP contribution in [0.1, 0.15) is 72.1 Å². The molecule has 12 unspecified atom stereocenters. The van der Waals surface area contributed by atoms with Gasteiger partial charge in [-0.1, -0.05) is 19.1 Å². The van der Waals surface area contributed by atoms with Gasteiger partial charge in [0.05, 0.1) is 17.8 Å². The maximum atomic E-state index is 12.0. The van der Waals surface area contributed by atoms with Gasteiger partial charge in [-0.2, -0.15) is 0 Å². The van der Waals surface area contributed by atoms with E-state index in [0.717, 1.165) is 24.8 Å². The molecule has 1 heterocycles. The van der Waals surface area contributed by atoms with E-state index in [1.54, 1.807) is 6.92 Å². The van der Waals surface area contributed by atoms with Crippen LogP contribution in [0.25, 0.3) is 0 Å². The summed E-state index contributed by atoms with van der Waals surface area (Å²) >= 11 is 0. The summed E-state index contributed by atoms with van der Waals surface area (Å²) in [6.07, 6.45) is 6.56. The van der Waals surface area contributed by atoms with Crippen LogP contribution in [-0.4, -0.2) is 63.7 Å². The Kier molecular flexibility index (Phi) is 6.71. The smallest absolute Gasteiger partial charge is 0.303 e. The van der Waals surface area contributed by atoms with Crippen molar-refractivity contribution in [3.8, 4) is 0 Å². The minimum atomic E-state index is -1.29. The van der Waals surface area contributed by atoms with Crippen molar-refractivity contribution < 1.29 is 34.3 Å². The first kappa shape index (κ1) is 25.4. The molecule has 12 atom stereocenters. The zero-order valence-corrected chi connectivity index (χ0v) is 21.3. The number of aliphatic hydroxyl groups is 3. The van der Waals surface area contributed by atoms with Crippen LogP contribution in [0.5, 0.6) is 0 Å². The minimum Gasteiger partial charge on any atom is -0.457 e. The number of hydrogen-bond donors (Lipinski definition) is 3. The van der Waals surface area contributed by atoms with Crippen molar-refractivity contribution in [1.29, 1.82) is 0 Å². The highest BCUT2D eigenvalue weighted by atomic mass is 16.7. The van der Waals surface area contributed by atoms with Crippen LogP contribution in [0.2, 0.25) is 0 Å². The summed E-state index contributed by atoms with van der Waals surface area (Å²) in [5.74, 6) is 1.44. The Morgan fingerprint density at radius 2 is 1.94 bits per heavy atom. The Morgan fingerprint density at radius 3 is 2.66 bits per heavy atom. The highest BCUT2D eigenvalue weighted by Crippen LogP contribution is 2.64. The molecule has 5 aliphatic rings. The van der Waals surface area contributed by atoms with Crippen LogP contribution in [0.15, 0.2) is 24.3 Å². The van der Waals surface area contributed by atoms with Crippen molar-refractivity contribution in [3.63, 3.8) is 0 Å². The third-order valence-corrected chi connectivity index (χ3v) is 10.3. The first-order valence-electron chi connectivity index (χ1n) is 13.5. The topological polar surface area (TPSA) is 105 Å². The van der Waals surface area contributed by atoms with E-state index in [0.29, 0.717) is 42.4 Å². The van der Waals surface area contributed by atoms with Crippen LogP contribution in [0.3, 0.4) is 0 Å². The van der Waals surface area contributed by atoms with Crippen molar-refractivity contribution in [3.05, 3.63) is 24.3 Å². The first-order valence-corrected chi connectivity index (χ1v) is 13.5. The van der Waals surface area contributed by atoms with Gasteiger partial charge in [0.25, 0.3) is 0 Å². The molecule has 0 bridgehead atoms. The second-order valence-electron chi connectivity index (χ2n) is 12.0. The summed E-state index contributed by atoms with van der Waals surface area (Å²) in [5.41, 5.74) is 0.581. The molecule has 1 saturated heterocycles. The SMILES string of the molecule is C=CC1CCC2C3CC=C4CC(OC5OC(C)C(O)C(OC(C)=O)C5O)CCC4(O)C3CCC12C. The van der Waals surface area contributed by atoms with Gasteiger partial charge in [0.1, 0.15) is 12.2 Å². The van der Waals surface area contributed by atoms with Gasteiger partial charge < -0.3 is 29.5 Å². The minimum absolute atomic E-state index is 0.219. The van der Waals surface area contributed by atoms with Gasteiger partial charge in [0, 0.05) is 6.92 Å². The van der Waals surface area contributed by atoms with Crippen molar-refractivity contribution >= 4 is 5.97 Å². The van der Waals surface area contributed by atoms with Crippen LogP contribution >= 0.6 is 0 Å². The number of ether oxygens (including phenoxy) is 3. The van der Waals surface area contributed by atoms with Crippen molar-refractivity contribution in [2.24, 2.45) is 29.1 Å². The molecule has 0 aromatic carbocycles. The molecule has 4 fully saturated rings. The molecule has 5 rings (SSSR count). The molecule has 196 valence electrons. The zero-order chi connectivity index (χ0) is 25.1. The molecule has 4 aliphatic carbocycles. The average Bonchev–Trinajstić information content (AvgIpc) is 3.16. The number of hydrogen-bond acceptors (Lipinski definition) is 7. The van der Waals surface area contributed by atoms with E-state index in [9.17, 15) is 20.1 Å². The lowest BCUT2D eigenvalue weighted by atomic mass is 9.50. The Hall–Kier alpha value is -1.25. The third kappa shape index (κ3) is 4.11. The maximum absolute atomic E-state index is 12.0. The average molecular weight is 491 g/mol. The highest BCUT2D eigenvalue weighted by molar-refractivity contribution is 5.66. The van der Waals surface area contributed by atoms with Gasteiger partial charge >= 0.3 is 5.97 Å². The lowest BCUT2D eigenvalue weighted by Gasteiger charge is -2.57. The lowest BCUT2D eigenvalue weighted by molar-refractivity contribution is -0.308. The van der Waals surface area contributed by atoms with Crippen LogP contribution in [-0.2, 0) is 19.0 Å². The molecule has 3 N–H and O–H groups in total. The summed E-state index contributed by atoms with van der Waals surface area (Å²) in [6.45, 7) is 9.47. The number of aliphatic hydroxyl groups excluding tert-OH is 2. The molecule has 0 aromatic heterocycles. The first-order chi connectivity index (χ1) is 16.6. The van der Waals surface area contributed by atoms with Crippen molar-refractivity contribution in [1.82, 2.24) is 0 Å². The summed E-state index contributed by atoms with van der Waals surface area (Å²) in [6, 6.07) is 0. The molecule has 0 amide bonds. The number of carbonyl (C=O) groups excluding carboxylic acids is 1. The fourth-order valence-corrected chi connectivity index (χ4v) is 8.41. The molecule has 0 aromatic rings. The predicted octanol–water partition coefficient (Wildman–Crippen LogP) is 3.26. The standard InChI is InChI=1S/C28H42O7/c1-5-17-7-9-21-20-8-6-18-14-19(10-13-28(18,32)22(20)11-12-27(17,21)4)35-26-24(31)25(34-16(3)29)23(30)15(2)33-26/h5-6,15,17,19-26,30-32H,1,7-14H2,2-4H3. The van der Waals surface area contributed by atoms with E-state index < -0.39 is 42.3 Å². The summed E-state index contributed by atoms with van der Waals surface area (Å²) in [4.78, 5) is 11.5. The Balaban J connectivity index is 1.28. The number of allylic oxidation sites excluding steroid dienone is 2. The predicted molar refractivity (Wildman–Crippen MR) is 129 cm³/mol. The van der Waals surface area contributed by atoms with Gasteiger partial charge in [-0.3, -0.25) is 4.79 Å². The fraction of sp³-hybridized carbons (Fsp3) is 0.821. The Bertz CT molecular complexity index is 871. The molecule has 1 aliphatic heterocycles. The monoisotopic (exact) mass is 490 g/mol.